The summed E-state index contributed by atoms with van der Waals surface area (Å²) in [7, 11) is 1.70. The second kappa shape index (κ2) is 4.73. The number of carbonyl (C=O) groups is 1. The zero-order valence-electron chi connectivity index (χ0n) is 9.71. The summed E-state index contributed by atoms with van der Waals surface area (Å²) in [5, 5.41) is 6.47. The predicted molar refractivity (Wildman–Crippen MR) is 61.2 cm³/mol. The smallest absolute Gasteiger partial charge is 0.293 e. The van der Waals surface area contributed by atoms with Gasteiger partial charge in [0, 0.05) is 13.2 Å². The highest BCUT2D eigenvalue weighted by molar-refractivity contribution is 5.90. The molecule has 2 aromatic rings. The standard InChI is InChI=1S/C11H13N5O/c1-8-13-10(15-14-8)11(17)16(2)7-9-5-3-4-6-12-9/h3-6H,7H2,1-2H3,(H,13,14,15). The molecule has 0 aliphatic carbocycles. The molecule has 88 valence electrons. The van der Waals surface area contributed by atoms with E-state index < -0.39 is 0 Å². The first-order valence-corrected chi connectivity index (χ1v) is 5.21. The molecule has 6 heteroatoms. The lowest BCUT2D eigenvalue weighted by Crippen LogP contribution is -2.27. The minimum absolute atomic E-state index is 0.181. The molecular formula is C11H13N5O. The van der Waals surface area contributed by atoms with Gasteiger partial charge in [0.1, 0.15) is 5.82 Å². The SMILES string of the molecule is Cc1nc(C(=O)N(C)Cc2ccccn2)n[nH]1. The maximum absolute atomic E-state index is 11.9. The van der Waals surface area contributed by atoms with Gasteiger partial charge in [0.2, 0.25) is 5.82 Å². The van der Waals surface area contributed by atoms with Crippen molar-refractivity contribution in [3.63, 3.8) is 0 Å². The maximum Gasteiger partial charge on any atom is 0.293 e. The summed E-state index contributed by atoms with van der Waals surface area (Å²) in [6, 6.07) is 5.59. The molecule has 0 unspecified atom stereocenters. The average molecular weight is 231 g/mol. The summed E-state index contributed by atoms with van der Waals surface area (Å²) in [6.45, 7) is 2.19. The highest BCUT2D eigenvalue weighted by atomic mass is 16.2. The van der Waals surface area contributed by atoms with Crippen molar-refractivity contribution in [2.75, 3.05) is 7.05 Å². The Hall–Kier alpha value is -2.24. The van der Waals surface area contributed by atoms with E-state index in [0.29, 0.717) is 12.4 Å². The monoisotopic (exact) mass is 231 g/mol. The Bertz CT molecular complexity index is 508. The second-order valence-corrected chi connectivity index (χ2v) is 3.73. The van der Waals surface area contributed by atoms with E-state index in [1.54, 1.807) is 20.2 Å². The van der Waals surface area contributed by atoms with Crippen LogP contribution in [0.5, 0.6) is 0 Å². The van der Waals surface area contributed by atoms with Gasteiger partial charge in [0.25, 0.3) is 5.91 Å². The first kappa shape index (κ1) is 11.3. The highest BCUT2D eigenvalue weighted by Gasteiger charge is 2.16. The van der Waals surface area contributed by atoms with E-state index in [9.17, 15) is 4.79 Å². The van der Waals surface area contributed by atoms with Gasteiger partial charge < -0.3 is 4.90 Å². The van der Waals surface area contributed by atoms with Crippen molar-refractivity contribution in [2.24, 2.45) is 0 Å². The molecule has 17 heavy (non-hydrogen) atoms. The van der Waals surface area contributed by atoms with Crippen LogP contribution in [-0.2, 0) is 6.54 Å². The fourth-order valence-electron chi connectivity index (χ4n) is 1.42. The second-order valence-electron chi connectivity index (χ2n) is 3.73. The third-order valence-corrected chi connectivity index (χ3v) is 2.26. The van der Waals surface area contributed by atoms with Crippen LogP contribution in [0.25, 0.3) is 0 Å². The van der Waals surface area contributed by atoms with Crippen molar-refractivity contribution >= 4 is 5.91 Å². The van der Waals surface area contributed by atoms with Crippen LogP contribution in [0.4, 0.5) is 0 Å². The average Bonchev–Trinajstić information content (AvgIpc) is 2.76. The quantitative estimate of drug-likeness (QED) is 0.847. The number of rotatable bonds is 3. The molecule has 0 bridgehead atoms. The number of pyridine rings is 1. The number of carbonyl (C=O) groups excluding carboxylic acids is 1. The van der Waals surface area contributed by atoms with E-state index in [2.05, 4.69) is 20.2 Å². The zero-order valence-corrected chi connectivity index (χ0v) is 9.71. The molecule has 0 spiro atoms. The summed E-state index contributed by atoms with van der Waals surface area (Å²) in [5.74, 6) is 0.584. The maximum atomic E-state index is 11.9. The fourth-order valence-corrected chi connectivity index (χ4v) is 1.42. The highest BCUT2D eigenvalue weighted by Crippen LogP contribution is 2.03. The van der Waals surface area contributed by atoms with Crippen LogP contribution in [-0.4, -0.2) is 38.0 Å². The minimum atomic E-state index is -0.222. The number of H-pyrrole nitrogens is 1. The number of aromatic amines is 1. The molecule has 0 aliphatic heterocycles. The number of aryl methyl sites for hydroxylation is 1. The lowest BCUT2D eigenvalue weighted by atomic mass is 10.3. The van der Waals surface area contributed by atoms with E-state index in [4.69, 9.17) is 0 Å². The topological polar surface area (TPSA) is 74.8 Å². The minimum Gasteiger partial charge on any atom is -0.333 e. The molecule has 0 saturated carbocycles. The van der Waals surface area contributed by atoms with E-state index >= 15 is 0 Å². The van der Waals surface area contributed by atoms with Crippen LogP contribution < -0.4 is 0 Å². The molecule has 0 saturated heterocycles. The van der Waals surface area contributed by atoms with Crippen molar-refractivity contribution in [2.45, 2.75) is 13.5 Å². The van der Waals surface area contributed by atoms with Crippen LogP contribution in [0.1, 0.15) is 22.1 Å². The number of nitrogens with one attached hydrogen (secondary N) is 1. The molecule has 0 radical (unpaired) electrons. The number of amides is 1. The van der Waals surface area contributed by atoms with Crippen LogP contribution in [0.3, 0.4) is 0 Å². The molecule has 1 amide bonds. The molecule has 0 aliphatic rings. The van der Waals surface area contributed by atoms with Gasteiger partial charge in [-0.3, -0.25) is 14.9 Å². The summed E-state index contributed by atoms with van der Waals surface area (Å²) >= 11 is 0. The Balaban J connectivity index is 2.06. The number of hydrogen-bond acceptors (Lipinski definition) is 4. The molecular weight excluding hydrogens is 218 g/mol. The van der Waals surface area contributed by atoms with E-state index in [0.717, 1.165) is 5.69 Å². The van der Waals surface area contributed by atoms with Crippen molar-refractivity contribution < 1.29 is 4.79 Å². The summed E-state index contributed by atoms with van der Waals surface area (Å²) < 4.78 is 0. The number of hydrogen-bond donors (Lipinski definition) is 1. The Labute approximate surface area is 98.7 Å². The van der Waals surface area contributed by atoms with Crippen LogP contribution in [0.15, 0.2) is 24.4 Å². The zero-order chi connectivity index (χ0) is 12.3. The van der Waals surface area contributed by atoms with Gasteiger partial charge in [-0.2, -0.15) is 0 Å². The van der Waals surface area contributed by atoms with Gasteiger partial charge in [-0.15, -0.1) is 5.10 Å². The predicted octanol–water partition coefficient (Wildman–Crippen LogP) is 0.780. The van der Waals surface area contributed by atoms with Gasteiger partial charge in [-0.25, -0.2) is 4.98 Å². The first-order valence-electron chi connectivity index (χ1n) is 5.21. The first-order chi connectivity index (χ1) is 8.16. The van der Waals surface area contributed by atoms with E-state index in [-0.39, 0.29) is 11.7 Å². The Morgan fingerprint density at radius 3 is 2.88 bits per heavy atom. The van der Waals surface area contributed by atoms with Crippen molar-refractivity contribution in [3.05, 3.63) is 41.7 Å². The number of nitrogens with zero attached hydrogens (tertiary/aromatic N) is 4. The van der Waals surface area contributed by atoms with Gasteiger partial charge in [0.15, 0.2) is 0 Å². The Morgan fingerprint density at radius 2 is 2.29 bits per heavy atom. The van der Waals surface area contributed by atoms with Gasteiger partial charge in [0.05, 0.1) is 12.2 Å². The van der Waals surface area contributed by atoms with Crippen molar-refractivity contribution in [3.8, 4) is 0 Å². The molecule has 0 aromatic carbocycles. The van der Waals surface area contributed by atoms with Gasteiger partial charge >= 0.3 is 0 Å². The molecule has 2 rings (SSSR count). The molecule has 2 heterocycles. The van der Waals surface area contributed by atoms with E-state index in [1.807, 2.05) is 18.2 Å². The van der Waals surface area contributed by atoms with Crippen molar-refractivity contribution in [1.82, 2.24) is 25.1 Å². The van der Waals surface area contributed by atoms with Crippen LogP contribution in [0, 0.1) is 6.92 Å². The summed E-state index contributed by atoms with van der Waals surface area (Å²) in [4.78, 5) is 21.6. The van der Waals surface area contributed by atoms with Crippen molar-refractivity contribution in [1.29, 1.82) is 0 Å². The number of aromatic nitrogens is 4. The fraction of sp³-hybridized carbons (Fsp3) is 0.273. The molecule has 2 aromatic heterocycles. The third-order valence-electron chi connectivity index (χ3n) is 2.26. The van der Waals surface area contributed by atoms with E-state index in [1.165, 1.54) is 4.90 Å². The molecule has 6 nitrogen and oxygen atoms in total. The summed E-state index contributed by atoms with van der Waals surface area (Å²) in [5.41, 5.74) is 0.829. The van der Waals surface area contributed by atoms with Gasteiger partial charge in [-0.1, -0.05) is 6.07 Å². The Morgan fingerprint density at radius 1 is 1.47 bits per heavy atom. The lowest BCUT2D eigenvalue weighted by Gasteiger charge is -2.14. The molecule has 1 N–H and O–H groups in total. The van der Waals surface area contributed by atoms with Crippen LogP contribution in [0.2, 0.25) is 0 Å². The molecule has 0 fully saturated rings. The normalized spacial score (nSPS) is 10.2. The molecule has 0 atom stereocenters. The third kappa shape index (κ3) is 2.66. The largest absolute Gasteiger partial charge is 0.333 e. The Kier molecular flexibility index (Phi) is 3.13. The van der Waals surface area contributed by atoms with Crippen LogP contribution >= 0.6 is 0 Å². The summed E-state index contributed by atoms with van der Waals surface area (Å²) in [6.07, 6.45) is 1.70. The van der Waals surface area contributed by atoms with Gasteiger partial charge in [-0.05, 0) is 19.1 Å². The lowest BCUT2D eigenvalue weighted by molar-refractivity contribution is 0.0771.